The Kier molecular flexibility index (Phi) is 5.61. The Bertz CT molecular complexity index is 549. The topological polar surface area (TPSA) is 55.8 Å². The molecule has 1 aromatic rings. The number of carbonyl (C=O) groups excluding carboxylic acids is 1. The highest BCUT2D eigenvalue weighted by Crippen LogP contribution is 2.29. The summed E-state index contributed by atoms with van der Waals surface area (Å²) in [5.74, 6) is 0.758. The summed E-state index contributed by atoms with van der Waals surface area (Å²) in [6.45, 7) is 6.80. The highest BCUT2D eigenvalue weighted by atomic mass is 16.3. The monoisotopic (exact) mass is 331 g/mol. The van der Waals surface area contributed by atoms with E-state index in [2.05, 4.69) is 23.2 Å². The number of benzene rings is 1. The minimum atomic E-state index is 0.0652. The number of hydrogen-bond acceptors (Lipinski definition) is 3. The smallest absolute Gasteiger partial charge is 0.317 e. The molecule has 24 heavy (non-hydrogen) atoms. The van der Waals surface area contributed by atoms with E-state index in [9.17, 15) is 9.90 Å². The Balaban J connectivity index is 1.43. The summed E-state index contributed by atoms with van der Waals surface area (Å²) in [6.07, 6.45) is 4.47. The van der Waals surface area contributed by atoms with Crippen molar-refractivity contribution in [2.45, 2.75) is 44.6 Å². The fourth-order valence-electron chi connectivity index (χ4n) is 3.85. The maximum Gasteiger partial charge on any atom is 0.317 e. The summed E-state index contributed by atoms with van der Waals surface area (Å²) in [5.41, 5.74) is 1.18. The van der Waals surface area contributed by atoms with Crippen molar-refractivity contribution < 1.29 is 9.90 Å². The highest BCUT2D eigenvalue weighted by molar-refractivity contribution is 5.74. The predicted octanol–water partition coefficient (Wildman–Crippen LogP) is 2.77. The molecule has 0 bridgehead atoms. The van der Waals surface area contributed by atoms with Gasteiger partial charge in [-0.15, -0.1) is 0 Å². The first-order chi connectivity index (χ1) is 11.6. The van der Waals surface area contributed by atoms with Gasteiger partial charge in [0.1, 0.15) is 5.75 Å². The SMILES string of the molecule is C[C@@H](CNC(=O)N1CCC(c2cccc(O)c2)CC1)N1CCCC1. The van der Waals surface area contributed by atoms with Gasteiger partial charge in [-0.1, -0.05) is 12.1 Å². The van der Waals surface area contributed by atoms with E-state index in [1.165, 1.54) is 18.4 Å². The van der Waals surface area contributed by atoms with Gasteiger partial charge < -0.3 is 15.3 Å². The van der Waals surface area contributed by atoms with Gasteiger partial charge in [0.15, 0.2) is 0 Å². The highest BCUT2D eigenvalue weighted by Gasteiger charge is 2.25. The first kappa shape index (κ1) is 17.1. The van der Waals surface area contributed by atoms with Crippen LogP contribution in [-0.2, 0) is 0 Å². The van der Waals surface area contributed by atoms with Crippen LogP contribution in [0, 0.1) is 0 Å². The lowest BCUT2D eigenvalue weighted by Crippen LogP contribution is -2.48. The summed E-state index contributed by atoms with van der Waals surface area (Å²) in [7, 11) is 0. The standard InChI is InChI=1S/C19H29N3O2/c1-15(21-9-2-3-10-21)14-20-19(24)22-11-7-16(8-12-22)17-5-4-6-18(23)13-17/h4-6,13,15-16,23H,2-3,7-12,14H2,1H3,(H,20,24)/t15-/m0/s1. The molecule has 2 aliphatic rings. The Labute approximate surface area is 144 Å². The van der Waals surface area contributed by atoms with Crippen molar-refractivity contribution in [3.05, 3.63) is 29.8 Å². The molecular formula is C19H29N3O2. The van der Waals surface area contributed by atoms with Crippen LogP contribution in [0.5, 0.6) is 5.75 Å². The number of piperidine rings is 1. The zero-order valence-corrected chi connectivity index (χ0v) is 14.6. The molecule has 2 amide bonds. The normalized spacial score (nSPS) is 21.0. The van der Waals surface area contributed by atoms with Crippen molar-refractivity contribution in [2.24, 2.45) is 0 Å². The third-order valence-electron chi connectivity index (χ3n) is 5.44. The summed E-state index contributed by atoms with van der Waals surface area (Å²) in [5, 5.41) is 12.7. The number of aromatic hydroxyl groups is 1. The van der Waals surface area contributed by atoms with Gasteiger partial charge in [0.25, 0.3) is 0 Å². The molecule has 3 rings (SSSR count). The van der Waals surface area contributed by atoms with Crippen molar-refractivity contribution in [1.29, 1.82) is 0 Å². The Hall–Kier alpha value is -1.75. The third kappa shape index (κ3) is 4.20. The average molecular weight is 331 g/mol. The molecule has 2 aliphatic heterocycles. The molecule has 0 aromatic heterocycles. The van der Waals surface area contributed by atoms with Crippen molar-refractivity contribution in [3.63, 3.8) is 0 Å². The van der Waals surface area contributed by atoms with Crippen LogP contribution < -0.4 is 5.32 Å². The number of nitrogens with one attached hydrogen (secondary N) is 1. The van der Waals surface area contributed by atoms with Crippen molar-refractivity contribution >= 4 is 6.03 Å². The number of phenols is 1. The number of nitrogens with zero attached hydrogens (tertiary/aromatic N) is 2. The lowest BCUT2D eigenvalue weighted by molar-refractivity contribution is 0.175. The Morgan fingerprint density at radius 1 is 1.25 bits per heavy atom. The van der Waals surface area contributed by atoms with Gasteiger partial charge in [0.2, 0.25) is 0 Å². The van der Waals surface area contributed by atoms with E-state index in [0.717, 1.165) is 45.6 Å². The molecule has 2 fully saturated rings. The molecule has 1 atom stereocenters. The van der Waals surface area contributed by atoms with Gasteiger partial charge >= 0.3 is 6.03 Å². The Morgan fingerprint density at radius 2 is 1.96 bits per heavy atom. The molecule has 132 valence electrons. The lowest BCUT2D eigenvalue weighted by Gasteiger charge is -2.33. The van der Waals surface area contributed by atoms with E-state index >= 15 is 0 Å². The first-order valence-electron chi connectivity index (χ1n) is 9.19. The van der Waals surface area contributed by atoms with Crippen LogP contribution in [0.15, 0.2) is 24.3 Å². The Morgan fingerprint density at radius 3 is 2.62 bits per heavy atom. The van der Waals surface area contributed by atoms with Crippen LogP contribution in [0.1, 0.15) is 44.1 Å². The number of amides is 2. The van der Waals surface area contributed by atoms with E-state index in [-0.39, 0.29) is 6.03 Å². The molecule has 2 heterocycles. The lowest BCUT2D eigenvalue weighted by atomic mass is 9.89. The molecule has 0 unspecified atom stereocenters. The number of hydrogen-bond donors (Lipinski definition) is 2. The molecule has 5 heteroatoms. The maximum absolute atomic E-state index is 12.4. The summed E-state index contributed by atoms with van der Waals surface area (Å²) < 4.78 is 0. The molecule has 0 aliphatic carbocycles. The second-order valence-electron chi connectivity index (χ2n) is 7.13. The minimum absolute atomic E-state index is 0.0652. The van der Waals surface area contributed by atoms with E-state index < -0.39 is 0 Å². The zero-order chi connectivity index (χ0) is 16.9. The van der Waals surface area contributed by atoms with Gasteiger partial charge in [-0.3, -0.25) is 4.90 Å². The van der Waals surface area contributed by atoms with Crippen LogP contribution in [-0.4, -0.2) is 59.7 Å². The van der Waals surface area contributed by atoms with Crippen LogP contribution >= 0.6 is 0 Å². The van der Waals surface area contributed by atoms with Gasteiger partial charge in [-0.2, -0.15) is 0 Å². The van der Waals surface area contributed by atoms with E-state index in [1.54, 1.807) is 6.07 Å². The van der Waals surface area contributed by atoms with Crippen LogP contribution in [0.4, 0.5) is 4.79 Å². The average Bonchev–Trinajstić information content (AvgIpc) is 3.14. The molecule has 0 spiro atoms. The van der Waals surface area contributed by atoms with Crippen molar-refractivity contribution in [3.8, 4) is 5.75 Å². The minimum Gasteiger partial charge on any atom is -0.508 e. The number of likely N-dealkylation sites (tertiary alicyclic amines) is 2. The fourth-order valence-corrected chi connectivity index (χ4v) is 3.85. The van der Waals surface area contributed by atoms with E-state index in [0.29, 0.717) is 17.7 Å². The van der Waals surface area contributed by atoms with Crippen LogP contribution in [0.25, 0.3) is 0 Å². The van der Waals surface area contributed by atoms with Crippen LogP contribution in [0.2, 0.25) is 0 Å². The number of phenolic OH excluding ortho intramolecular Hbond substituents is 1. The fraction of sp³-hybridized carbons (Fsp3) is 0.632. The molecule has 2 saturated heterocycles. The first-order valence-corrected chi connectivity index (χ1v) is 9.19. The molecule has 0 saturated carbocycles. The van der Waals surface area contributed by atoms with Crippen molar-refractivity contribution in [2.75, 3.05) is 32.7 Å². The van der Waals surface area contributed by atoms with Gasteiger partial charge in [0.05, 0.1) is 0 Å². The van der Waals surface area contributed by atoms with Crippen LogP contribution in [0.3, 0.4) is 0 Å². The maximum atomic E-state index is 12.4. The summed E-state index contributed by atoms with van der Waals surface area (Å²) in [4.78, 5) is 16.8. The molecule has 5 nitrogen and oxygen atoms in total. The molecule has 2 N–H and O–H groups in total. The van der Waals surface area contributed by atoms with Crippen molar-refractivity contribution in [1.82, 2.24) is 15.1 Å². The third-order valence-corrected chi connectivity index (χ3v) is 5.44. The predicted molar refractivity (Wildman–Crippen MR) is 95.3 cm³/mol. The second kappa shape index (κ2) is 7.88. The quantitative estimate of drug-likeness (QED) is 0.892. The zero-order valence-electron chi connectivity index (χ0n) is 14.6. The molecule has 1 aromatic carbocycles. The van der Waals surface area contributed by atoms with Gasteiger partial charge in [-0.05, 0) is 69.3 Å². The number of carbonyl (C=O) groups is 1. The summed E-state index contributed by atoms with van der Waals surface area (Å²) >= 11 is 0. The van der Waals surface area contributed by atoms with Gasteiger partial charge in [0, 0.05) is 25.7 Å². The summed E-state index contributed by atoms with van der Waals surface area (Å²) in [6, 6.07) is 7.99. The molecule has 0 radical (unpaired) electrons. The van der Waals surface area contributed by atoms with E-state index in [4.69, 9.17) is 0 Å². The largest absolute Gasteiger partial charge is 0.508 e. The molecular weight excluding hydrogens is 302 g/mol. The van der Waals surface area contributed by atoms with Gasteiger partial charge in [-0.25, -0.2) is 4.79 Å². The number of rotatable bonds is 4. The number of urea groups is 1. The van der Waals surface area contributed by atoms with E-state index in [1.807, 2.05) is 17.0 Å². The second-order valence-corrected chi connectivity index (χ2v) is 7.13.